The number of rotatable bonds is 5. The van der Waals surface area contributed by atoms with Crippen molar-refractivity contribution in [3.8, 4) is 0 Å². The third-order valence-corrected chi connectivity index (χ3v) is 4.41. The summed E-state index contributed by atoms with van der Waals surface area (Å²) in [6.07, 6.45) is -4.47. The van der Waals surface area contributed by atoms with Crippen LogP contribution in [0.15, 0.2) is 41.8 Å². The van der Waals surface area contributed by atoms with Gasteiger partial charge in [-0.2, -0.15) is 13.2 Å². The number of nitrogens with one attached hydrogen (secondary N) is 1. The van der Waals surface area contributed by atoms with E-state index in [2.05, 4.69) is 5.32 Å². The average molecular weight is 341 g/mol. The molecule has 1 N–H and O–H groups in total. The first-order chi connectivity index (χ1) is 10.8. The zero-order chi connectivity index (χ0) is 17.0. The lowest BCUT2D eigenvalue weighted by Crippen LogP contribution is -2.32. The van der Waals surface area contributed by atoms with Gasteiger partial charge >= 0.3 is 6.18 Å². The molecule has 1 unspecified atom stereocenters. The fraction of sp³-hybridized carbons (Fsp3) is 0.353. The van der Waals surface area contributed by atoms with Gasteiger partial charge < -0.3 is 5.32 Å². The zero-order valence-electron chi connectivity index (χ0n) is 12.9. The van der Waals surface area contributed by atoms with Crippen LogP contribution in [0.2, 0.25) is 0 Å². The molecule has 1 heterocycles. The van der Waals surface area contributed by atoms with Crippen LogP contribution in [-0.4, -0.2) is 5.91 Å². The van der Waals surface area contributed by atoms with Crippen molar-refractivity contribution in [2.24, 2.45) is 5.92 Å². The van der Waals surface area contributed by atoms with Crippen LogP contribution >= 0.6 is 11.3 Å². The van der Waals surface area contributed by atoms with E-state index in [0.717, 1.165) is 17.0 Å². The number of alkyl halides is 3. The summed E-state index contributed by atoms with van der Waals surface area (Å²) in [6, 6.07) is 8.61. The smallest absolute Gasteiger partial charge is 0.348 e. The molecule has 1 amide bonds. The normalized spacial score (nSPS) is 13.1. The first-order valence-electron chi connectivity index (χ1n) is 7.26. The summed E-state index contributed by atoms with van der Waals surface area (Å²) >= 11 is 1.55. The number of hydrogen-bond donors (Lipinski definition) is 1. The minimum atomic E-state index is -4.40. The molecular weight excluding hydrogens is 323 g/mol. The average Bonchev–Trinajstić information content (AvgIpc) is 2.97. The highest BCUT2D eigenvalue weighted by molar-refractivity contribution is 7.10. The third kappa shape index (κ3) is 4.82. The van der Waals surface area contributed by atoms with Gasteiger partial charge in [0.2, 0.25) is 5.91 Å². The maximum atomic E-state index is 12.7. The van der Waals surface area contributed by atoms with Crippen molar-refractivity contribution in [3.63, 3.8) is 0 Å². The highest BCUT2D eigenvalue weighted by Gasteiger charge is 2.30. The second kappa shape index (κ2) is 7.17. The summed E-state index contributed by atoms with van der Waals surface area (Å²) in [4.78, 5) is 13.2. The predicted molar refractivity (Wildman–Crippen MR) is 85.2 cm³/mol. The van der Waals surface area contributed by atoms with E-state index >= 15 is 0 Å². The van der Waals surface area contributed by atoms with E-state index in [9.17, 15) is 18.0 Å². The van der Waals surface area contributed by atoms with Crippen LogP contribution in [-0.2, 0) is 17.4 Å². The minimum absolute atomic E-state index is 0.0709. The highest BCUT2D eigenvalue weighted by atomic mass is 32.1. The van der Waals surface area contributed by atoms with E-state index in [4.69, 9.17) is 0 Å². The van der Waals surface area contributed by atoms with Gasteiger partial charge in [0.25, 0.3) is 0 Å². The molecule has 6 heteroatoms. The summed E-state index contributed by atoms with van der Waals surface area (Å²) in [5.74, 6) is -0.0875. The lowest BCUT2D eigenvalue weighted by atomic mass is 10.0. The van der Waals surface area contributed by atoms with Gasteiger partial charge in [-0.25, -0.2) is 0 Å². The summed E-state index contributed by atoms with van der Waals surface area (Å²) in [6.45, 7) is 3.99. The molecule has 0 spiro atoms. The Bertz CT molecular complexity index is 650. The molecule has 0 saturated heterocycles. The Kier molecular flexibility index (Phi) is 5.46. The molecule has 2 rings (SSSR count). The Balaban J connectivity index is 2.07. The Hall–Kier alpha value is -1.82. The molecule has 1 atom stereocenters. The minimum Gasteiger partial charge on any atom is -0.348 e. The van der Waals surface area contributed by atoms with Gasteiger partial charge in [0.05, 0.1) is 18.0 Å². The van der Waals surface area contributed by atoms with Crippen LogP contribution in [0.3, 0.4) is 0 Å². The molecular formula is C17H18F3NOS. The van der Waals surface area contributed by atoms with Crippen molar-refractivity contribution in [2.75, 3.05) is 0 Å². The Morgan fingerprint density at radius 1 is 1.22 bits per heavy atom. The monoisotopic (exact) mass is 341 g/mol. The number of carbonyl (C=O) groups is 1. The fourth-order valence-electron chi connectivity index (χ4n) is 2.30. The number of hydrogen-bond acceptors (Lipinski definition) is 2. The molecule has 0 aliphatic carbocycles. The Labute approximate surface area is 137 Å². The van der Waals surface area contributed by atoms with Crippen molar-refractivity contribution in [2.45, 2.75) is 32.5 Å². The van der Waals surface area contributed by atoms with E-state index in [1.54, 1.807) is 11.3 Å². The SMILES string of the molecule is CC(C)C(NC(=O)Cc1cccc(C(F)(F)F)c1)c1cccs1. The lowest BCUT2D eigenvalue weighted by Gasteiger charge is -2.21. The van der Waals surface area contributed by atoms with Gasteiger partial charge in [0.15, 0.2) is 0 Å². The third-order valence-electron chi connectivity index (χ3n) is 3.45. The molecule has 1 aromatic carbocycles. The van der Waals surface area contributed by atoms with Gasteiger partial charge in [-0.3, -0.25) is 4.79 Å². The lowest BCUT2D eigenvalue weighted by molar-refractivity contribution is -0.137. The van der Waals surface area contributed by atoms with Gasteiger partial charge in [-0.1, -0.05) is 38.1 Å². The van der Waals surface area contributed by atoms with Crippen LogP contribution in [0.1, 0.15) is 35.9 Å². The van der Waals surface area contributed by atoms with Crippen molar-refractivity contribution >= 4 is 17.2 Å². The summed E-state index contributed by atoms with van der Waals surface area (Å²) in [5, 5.41) is 4.85. The predicted octanol–water partition coefficient (Wildman–Crippen LogP) is 4.82. The molecule has 2 aromatic rings. The van der Waals surface area contributed by atoms with Crippen molar-refractivity contribution < 1.29 is 18.0 Å². The highest BCUT2D eigenvalue weighted by Crippen LogP contribution is 2.30. The number of halogens is 3. The van der Waals surface area contributed by atoms with Crippen molar-refractivity contribution in [1.29, 1.82) is 0 Å². The Morgan fingerprint density at radius 2 is 1.96 bits per heavy atom. The molecule has 0 bridgehead atoms. The summed E-state index contributed by atoms with van der Waals surface area (Å²) < 4.78 is 38.1. The molecule has 2 nitrogen and oxygen atoms in total. The maximum absolute atomic E-state index is 12.7. The largest absolute Gasteiger partial charge is 0.416 e. The number of benzene rings is 1. The van der Waals surface area contributed by atoms with Gasteiger partial charge in [-0.15, -0.1) is 11.3 Å². The standard InChI is InChI=1S/C17H18F3NOS/c1-11(2)16(14-7-4-8-23-14)21-15(22)10-12-5-3-6-13(9-12)17(18,19)20/h3-9,11,16H,10H2,1-2H3,(H,21,22). The summed E-state index contributed by atoms with van der Waals surface area (Å²) in [5.41, 5.74) is -0.382. The van der Waals surface area contributed by atoms with Crippen LogP contribution < -0.4 is 5.32 Å². The van der Waals surface area contributed by atoms with Crippen LogP contribution in [0.4, 0.5) is 13.2 Å². The molecule has 23 heavy (non-hydrogen) atoms. The molecule has 0 aliphatic rings. The zero-order valence-corrected chi connectivity index (χ0v) is 13.7. The first-order valence-corrected chi connectivity index (χ1v) is 8.14. The number of carbonyl (C=O) groups excluding carboxylic acids is 1. The molecule has 0 fully saturated rings. The van der Waals surface area contributed by atoms with Crippen LogP contribution in [0.25, 0.3) is 0 Å². The molecule has 1 aromatic heterocycles. The topological polar surface area (TPSA) is 29.1 Å². The van der Waals surface area contributed by atoms with E-state index in [1.807, 2.05) is 31.4 Å². The van der Waals surface area contributed by atoms with E-state index in [0.29, 0.717) is 5.56 Å². The first kappa shape index (κ1) is 17.5. The van der Waals surface area contributed by atoms with E-state index in [-0.39, 0.29) is 24.3 Å². The second-order valence-corrected chi connectivity index (χ2v) is 6.66. The fourth-order valence-corrected chi connectivity index (χ4v) is 3.25. The van der Waals surface area contributed by atoms with E-state index in [1.165, 1.54) is 12.1 Å². The van der Waals surface area contributed by atoms with Crippen molar-refractivity contribution in [1.82, 2.24) is 5.32 Å². The van der Waals surface area contributed by atoms with Crippen LogP contribution in [0.5, 0.6) is 0 Å². The van der Waals surface area contributed by atoms with Gasteiger partial charge in [0.1, 0.15) is 0 Å². The van der Waals surface area contributed by atoms with Gasteiger partial charge in [0, 0.05) is 4.88 Å². The second-order valence-electron chi connectivity index (χ2n) is 5.68. The van der Waals surface area contributed by atoms with Crippen LogP contribution in [0, 0.1) is 5.92 Å². The van der Waals surface area contributed by atoms with Gasteiger partial charge in [-0.05, 0) is 29.0 Å². The molecule has 0 saturated carbocycles. The molecule has 124 valence electrons. The molecule has 0 radical (unpaired) electrons. The quantitative estimate of drug-likeness (QED) is 0.830. The van der Waals surface area contributed by atoms with Crippen molar-refractivity contribution in [3.05, 3.63) is 57.8 Å². The maximum Gasteiger partial charge on any atom is 0.416 e. The summed E-state index contributed by atoms with van der Waals surface area (Å²) in [7, 11) is 0. The Morgan fingerprint density at radius 3 is 2.52 bits per heavy atom. The van der Waals surface area contributed by atoms with E-state index < -0.39 is 11.7 Å². The number of thiophene rings is 1. The molecule has 0 aliphatic heterocycles. The number of amides is 1.